The molecule has 0 aromatic heterocycles. The van der Waals surface area contributed by atoms with E-state index >= 15 is 0 Å². The first-order chi connectivity index (χ1) is 6.47. The molecule has 0 aromatic rings. The van der Waals surface area contributed by atoms with E-state index in [4.69, 9.17) is 0 Å². The average molecular weight is 209 g/mol. The Morgan fingerprint density at radius 1 is 1.36 bits per heavy atom. The third kappa shape index (κ3) is 4.60. The molecule has 0 spiro atoms. The summed E-state index contributed by atoms with van der Waals surface area (Å²) in [6, 6.07) is 0. The van der Waals surface area contributed by atoms with Gasteiger partial charge in [0.1, 0.15) is 5.78 Å². The Bertz CT molecular complexity index is 203. The fourth-order valence-electron chi connectivity index (χ4n) is 1.60. The summed E-state index contributed by atoms with van der Waals surface area (Å²) in [5.41, 5.74) is 0. The second-order valence-corrected chi connectivity index (χ2v) is 3.64. The molecule has 1 aliphatic heterocycles. The van der Waals surface area contributed by atoms with Crippen LogP contribution in [0.4, 0.5) is 13.2 Å². The van der Waals surface area contributed by atoms with Crippen LogP contribution >= 0.6 is 0 Å². The number of halogens is 3. The molecule has 1 heterocycles. The molecule has 0 aliphatic carbocycles. The predicted octanol–water partition coefficient (Wildman–Crippen LogP) is 1.99. The second kappa shape index (κ2) is 4.77. The van der Waals surface area contributed by atoms with E-state index in [2.05, 4.69) is 0 Å². The molecule has 1 aliphatic rings. The fraction of sp³-hybridized carbons (Fsp3) is 0.889. The number of carbonyl (C=O) groups is 1. The Balaban J connectivity index is 2.15. The molecule has 1 saturated heterocycles. The molecule has 0 radical (unpaired) electrons. The molecule has 82 valence electrons. The normalized spacial score (nSPS) is 20.1. The first kappa shape index (κ1) is 11.5. The number of rotatable bonds is 3. The Hall–Kier alpha value is -0.580. The number of alkyl halides is 3. The van der Waals surface area contributed by atoms with Gasteiger partial charge >= 0.3 is 6.18 Å². The Morgan fingerprint density at radius 2 is 2.07 bits per heavy atom. The van der Waals surface area contributed by atoms with E-state index in [0.29, 0.717) is 19.5 Å². The van der Waals surface area contributed by atoms with Crippen LogP contribution in [0.3, 0.4) is 0 Å². The largest absolute Gasteiger partial charge is 0.389 e. The van der Waals surface area contributed by atoms with Crippen LogP contribution < -0.4 is 0 Å². The zero-order valence-corrected chi connectivity index (χ0v) is 7.94. The van der Waals surface area contributed by atoms with Gasteiger partial charge in [-0.2, -0.15) is 13.2 Å². The van der Waals surface area contributed by atoms with Crippen molar-refractivity contribution in [2.45, 2.75) is 31.9 Å². The lowest BCUT2D eigenvalue weighted by Gasteiger charge is -2.25. The highest BCUT2D eigenvalue weighted by Gasteiger charge is 2.27. The summed E-state index contributed by atoms with van der Waals surface area (Å²) in [5.74, 6) is 0.142. The summed E-state index contributed by atoms with van der Waals surface area (Å²) in [6.07, 6.45) is -3.37. The van der Waals surface area contributed by atoms with Crippen LogP contribution in [0.15, 0.2) is 0 Å². The molecule has 2 nitrogen and oxygen atoms in total. The molecule has 14 heavy (non-hydrogen) atoms. The van der Waals surface area contributed by atoms with Crippen LogP contribution in [0.1, 0.15) is 25.7 Å². The van der Waals surface area contributed by atoms with E-state index in [-0.39, 0.29) is 12.2 Å². The number of Topliss-reactive ketones (excluding diaryl/α,β-unsaturated/α-hetero) is 1. The van der Waals surface area contributed by atoms with Gasteiger partial charge in [0.25, 0.3) is 0 Å². The SMILES string of the molecule is O=C1CCCN(CCCC(F)(F)F)C1. The maximum absolute atomic E-state index is 11.8. The topological polar surface area (TPSA) is 20.3 Å². The number of hydrogen-bond donors (Lipinski definition) is 0. The standard InChI is InChI=1S/C9H14F3NO/c10-9(11,12)4-2-6-13-5-1-3-8(14)7-13/h1-7H2. The van der Waals surface area contributed by atoms with Gasteiger partial charge in [0, 0.05) is 12.8 Å². The minimum atomic E-state index is -4.07. The minimum Gasteiger partial charge on any atom is -0.298 e. The highest BCUT2D eigenvalue weighted by Crippen LogP contribution is 2.21. The lowest BCUT2D eigenvalue weighted by Crippen LogP contribution is -2.36. The van der Waals surface area contributed by atoms with Crippen molar-refractivity contribution in [3.8, 4) is 0 Å². The van der Waals surface area contributed by atoms with Gasteiger partial charge in [-0.1, -0.05) is 0 Å². The smallest absolute Gasteiger partial charge is 0.298 e. The molecule has 0 saturated carbocycles. The second-order valence-electron chi connectivity index (χ2n) is 3.64. The summed E-state index contributed by atoms with van der Waals surface area (Å²) in [5, 5.41) is 0. The van der Waals surface area contributed by atoms with Crippen molar-refractivity contribution in [1.82, 2.24) is 4.90 Å². The highest BCUT2D eigenvalue weighted by molar-refractivity contribution is 5.81. The summed E-state index contributed by atoms with van der Waals surface area (Å²) in [6.45, 7) is 1.46. The number of nitrogens with zero attached hydrogens (tertiary/aromatic N) is 1. The maximum Gasteiger partial charge on any atom is 0.389 e. The fourth-order valence-corrected chi connectivity index (χ4v) is 1.60. The highest BCUT2D eigenvalue weighted by atomic mass is 19.4. The molecule has 1 rings (SSSR count). The van der Waals surface area contributed by atoms with Crippen molar-refractivity contribution in [2.75, 3.05) is 19.6 Å². The zero-order valence-electron chi connectivity index (χ0n) is 7.94. The number of hydrogen-bond acceptors (Lipinski definition) is 2. The molecule has 1 fully saturated rings. The van der Waals surface area contributed by atoms with Crippen molar-refractivity contribution in [3.05, 3.63) is 0 Å². The van der Waals surface area contributed by atoms with E-state index in [0.717, 1.165) is 13.0 Å². The first-order valence-electron chi connectivity index (χ1n) is 4.78. The van der Waals surface area contributed by atoms with Gasteiger partial charge < -0.3 is 0 Å². The average Bonchev–Trinajstić information content (AvgIpc) is 2.01. The summed E-state index contributed by atoms with van der Waals surface area (Å²) >= 11 is 0. The molecule has 0 aromatic carbocycles. The van der Waals surface area contributed by atoms with Gasteiger partial charge in [0.05, 0.1) is 6.54 Å². The molecule has 0 N–H and O–H groups in total. The van der Waals surface area contributed by atoms with E-state index in [1.807, 2.05) is 0 Å². The monoisotopic (exact) mass is 209 g/mol. The Kier molecular flexibility index (Phi) is 3.92. The van der Waals surface area contributed by atoms with Crippen LogP contribution in [0.25, 0.3) is 0 Å². The number of piperidine rings is 1. The Morgan fingerprint density at radius 3 is 2.64 bits per heavy atom. The number of carbonyl (C=O) groups excluding carboxylic acids is 1. The maximum atomic E-state index is 11.8. The van der Waals surface area contributed by atoms with Crippen LogP contribution in [0.2, 0.25) is 0 Å². The molecule has 0 unspecified atom stereocenters. The van der Waals surface area contributed by atoms with Crippen LogP contribution in [0.5, 0.6) is 0 Å². The minimum absolute atomic E-state index is 0.0940. The van der Waals surface area contributed by atoms with E-state index in [1.54, 1.807) is 4.90 Å². The third-order valence-electron chi connectivity index (χ3n) is 2.26. The van der Waals surface area contributed by atoms with Gasteiger partial charge in [0.2, 0.25) is 0 Å². The predicted molar refractivity (Wildman–Crippen MR) is 46.0 cm³/mol. The number of likely N-dealkylation sites (tertiary alicyclic amines) is 1. The lowest BCUT2D eigenvalue weighted by atomic mass is 10.1. The van der Waals surface area contributed by atoms with Gasteiger partial charge in [-0.3, -0.25) is 9.69 Å². The van der Waals surface area contributed by atoms with Gasteiger partial charge in [0.15, 0.2) is 0 Å². The zero-order chi connectivity index (χ0) is 10.6. The molecule has 5 heteroatoms. The third-order valence-corrected chi connectivity index (χ3v) is 2.26. The number of ketones is 1. The van der Waals surface area contributed by atoms with Crippen molar-refractivity contribution in [2.24, 2.45) is 0 Å². The quantitative estimate of drug-likeness (QED) is 0.708. The summed E-state index contributed by atoms with van der Waals surface area (Å²) in [4.78, 5) is 12.8. The molecule has 0 atom stereocenters. The van der Waals surface area contributed by atoms with E-state index < -0.39 is 12.6 Å². The van der Waals surface area contributed by atoms with E-state index in [9.17, 15) is 18.0 Å². The van der Waals surface area contributed by atoms with Gasteiger partial charge in [-0.05, 0) is 25.9 Å². The van der Waals surface area contributed by atoms with Crippen molar-refractivity contribution in [1.29, 1.82) is 0 Å². The van der Waals surface area contributed by atoms with Crippen LogP contribution in [-0.2, 0) is 4.79 Å². The van der Waals surface area contributed by atoms with Crippen molar-refractivity contribution in [3.63, 3.8) is 0 Å². The Labute approximate surface area is 81.1 Å². The summed E-state index contributed by atoms with van der Waals surface area (Å²) < 4.78 is 35.4. The van der Waals surface area contributed by atoms with Crippen LogP contribution in [0, 0.1) is 0 Å². The van der Waals surface area contributed by atoms with Gasteiger partial charge in [-0.15, -0.1) is 0 Å². The van der Waals surface area contributed by atoms with Crippen molar-refractivity contribution >= 4 is 5.78 Å². The molecule has 0 amide bonds. The lowest BCUT2D eigenvalue weighted by molar-refractivity contribution is -0.136. The molecular weight excluding hydrogens is 195 g/mol. The van der Waals surface area contributed by atoms with Gasteiger partial charge in [-0.25, -0.2) is 0 Å². The molecule has 0 bridgehead atoms. The first-order valence-corrected chi connectivity index (χ1v) is 4.78. The van der Waals surface area contributed by atoms with Crippen molar-refractivity contribution < 1.29 is 18.0 Å². The van der Waals surface area contributed by atoms with Crippen LogP contribution in [-0.4, -0.2) is 36.5 Å². The summed E-state index contributed by atoms with van der Waals surface area (Å²) in [7, 11) is 0. The molecular formula is C9H14F3NO. The van der Waals surface area contributed by atoms with E-state index in [1.165, 1.54) is 0 Å².